The minimum absolute atomic E-state index is 0.120. The van der Waals surface area contributed by atoms with Gasteiger partial charge in [-0.1, -0.05) is 12.8 Å². The van der Waals surface area contributed by atoms with Gasteiger partial charge in [-0.3, -0.25) is 14.5 Å². The van der Waals surface area contributed by atoms with Gasteiger partial charge >= 0.3 is 6.03 Å². The van der Waals surface area contributed by atoms with E-state index in [1.165, 1.54) is 9.80 Å². The molecule has 0 radical (unpaired) electrons. The zero-order valence-corrected chi connectivity index (χ0v) is 17.9. The number of nitrogens with one attached hydrogen (secondary N) is 1. The van der Waals surface area contributed by atoms with Crippen molar-refractivity contribution in [2.45, 2.75) is 56.1 Å². The number of imide groups is 1. The average molecular weight is 431 g/mol. The van der Waals surface area contributed by atoms with Crippen LogP contribution in [-0.2, 0) is 9.59 Å². The summed E-state index contributed by atoms with van der Waals surface area (Å²) in [4.78, 5) is 50.6. The van der Waals surface area contributed by atoms with Gasteiger partial charge in [0.15, 0.2) is 0 Å². The van der Waals surface area contributed by atoms with Crippen molar-refractivity contribution in [1.29, 1.82) is 0 Å². The SMILES string of the molecule is CN(CC1(O)CCN(c2ncccn2)C1)C(=O)CCCN1C(=O)NC2(CCCC2)C1=O. The van der Waals surface area contributed by atoms with Gasteiger partial charge in [-0.25, -0.2) is 14.8 Å². The van der Waals surface area contributed by atoms with Gasteiger partial charge in [-0.2, -0.15) is 0 Å². The largest absolute Gasteiger partial charge is 0.386 e. The molecule has 1 unspecified atom stereocenters. The molecule has 4 rings (SSSR count). The second-order valence-corrected chi connectivity index (χ2v) is 8.97. The summed E-state index contributed by atoms with van der Waals surface area (Å²) in [7, 11) is 1.67. The number of anilines is 1. The molecule has 10 nitrogen and oxygen atoms in total. The fourth-order valence-electron chi connectivity index (χ4n) is 4.92. The van der Waals surface area contributed by atoms with Crippen molar-refractivity contribution < 1.29 is 19.5 Å². The Morgan fingerprint density at radius 2 is 1.94 bits per heavy atom. The molecule has 2 saturated heterocycles. The van der Waals surface area contributed by atoms with Crippen LogP contribution < -0.4 is 10.2 Å². The molecule has 4 amide bonds. The number of carbonyl (C=O) groups is 3. The third kappa shape index (κ3) is 4.34. The number of aromatic nitrogens is 2. The number of rotatable bonds is 7. The van der Waals surface area contributed by atoms with Crippen LogP contribution in [0.1, 0.15) is 44.9 Å². The van der Waals surface area contributed by atoms with E-state index in [2.05, 4.69) is 15.3 Å². The van der Waals surface area contributed by atoms with Crippen LogP contribution in [0, 0.1) is 0 Å². The third-order valence-electron chi connectivity index (χ3n) is 6.60. The van der Waals surface area contributed by atoms with Crippen molar-refractivity contribution in [2.24, 2.45) is 0 Å². The summed E-state index contributed by atoms with van der Waals surface area (Å²) in [5.41, 5.74) is -1.73. The van der Waals surface area contributed by atoms with E-state index >= 15 is 0 Å². The fourth-order valence-corrected chi connectivity index (χ4v) is 4.92. The lowest BCUT2D eigenvalue weighted by atomic mass is 9.98. The van der Waals surface area contributed by atoms with Crippen LogP contribution in [0.2, 0.25) is 0 Å². The maximum absolute atomic E-state index is 12.7. The summed E-state index contributed by atoms with van der Waals surface area (Å²) < 4.78 is 0. The number of carbonyl (C=O) groups excluding carboxylic acids is 3. The maximum Gasteiger partial charge on any atom is 0.325 e. The molecule has 2 aliphatic heterocycles. The van der Waals surface area contributed by atoms with Gasteiger partial charge in [-0.05, 0) is 31.7 Å². The van der Waals surface area contributed by atoms with Crippen LogP contribution >= 0.6 is 0 Å². The van der Waals surface area contributed by atoms with Gasteiger partial charge in [0.2, 0.25) is 11.9 Å². The molecular formula is C21H30N6O4. The predicted octanol–water partition coefficient (Wildman–Crippen LogP) is 0.521. The highest BCUT2D eigenvalue weighted by molar-refractivity contribution is 6.07. The maximum atomic E-state index is 12.7. The standard InChI is InChI=1S/C21H30N6O4/c1-25(14-20(31)9-13-26(15-20)18-22-10-5-11-23-18)16(28)6-4-12-27-17(29)21(24-19(27)30)7-2-3-8-21/h5,10-11,31H,2-4,6-9,12-15H2,1H3,(H,24,30). The molecule has 3 aliphatic rings. The number of amides is 4. The molecule has 0 bridgehead atoms. The van der Waals surface area contributed by atoms with Gasteiger partial charge < -0.3 is 20.2 Å². The second kappa shape index (κ2) is 8.41. The lowest BCUT2D eigenvalue weighted by Crippen LogP contribution is -2.46. The number of aliphatic hydroxyl groups is 1. The molecule has 1 saturated carbocycles. The van der Waals surface area contributed by atoms with E-state index in [4.69, 9.17) is 0 Å². The second-order valence-electron chi connectivity index (χ2n) is 8.97. The molecule has 1 aromatic heterocycles. The van der Waals surface area contributed by atoms with E-state index in [-0.39, 0.29) is 37.4 Å². The van der Waals surface area contributed by atoms with Crippen LogP contribution in [0.4, 0.5) is 10.7 Å². The average Bonchev–Trinajstić information content (AvgIpc) is 3.44. The van der Waals surface area contributed by atoms with Crippen LogP contribution in [0.3, 0.4) is 0 Å². The molecule has 3 fully saturated rings. The Hall–Kier alpha value is -2.75. The van der Waals surface area contributed by atoms with Gasteiger partial charge in [-0.15, -0.1) is 0 Å². The highest BCUT2D eigenvalue weighted by atomic mass is 16.3. The Morgan fingerprint density at radius 1 is 1.23 bits per heavy atom. The Morgan fingerprint density at radius 3 is 2.65 bits per heavy atom. The van der Waals surface area contributed by atoms with Crippen LogP contribution in [-0.4, -0.2) is 87.1 Å². The first-order chi connectivity index (χ1) is 14.8. The zero-order chi connectivity index (χ0) is 22.1. The summed E-state index contributed by atoms with van der Waals surface area (Å²) in [6.45, 7) is 1.42. The molecule has 10 heteroatoms. The van der Waals surface area contributed by atoms with Crippen molar-refractivity contribution >= 4 is 23.8 Å². The van der Waals surface area contributed by atoms with Crippen LogP contribution in [0.25, 0.3) is 0 Å². The minimum atomic E-state index is -1.02. The van der Waals surface area contributed by atoms with E-state index in [1.807, 2.05) is 4.90 Å². The van der Waals surface area contributed by atoms with E-state index < -0.39 is 11.1 Å². The summed E-state index contributed by atoms with van der Waals surface area (Å²) >= 11 is 0. The molecule has 3 heterocycles. The number of β-amino-alcohol motifs (C(OH)–C–C–N with tert-alkyl or cyclic N) is 1. The highest BCUT2D eigenvalue weighted by Gasteiger charge is 2.52. The van der Waals surface area contributed by atoms with Crippen LogP contribution in [0.5, 0.6) is 0 Å². The summed E-state index contributed by atoms with van der Waals surface area (Å²) in [5, 5.41) is 13.8. The smallest absolute Gasteiger partial charge is 0.325 e. The molecule has 1 aromatic rings. The molecule has 1 atom stereocenters. The molecule has 31 heavy (non-hydrogen) atoms. The summed E-state index contributed by atoms with van der Waals surface area (Å²) in [6.07, 6.45) is 7.74. The topological polar surface area (TPSA) is 119 Å². The fraction of sp³-hybridized carbons (Fsp3) is 0.667. The molecule has 1 spiro atoms. The van der Waals surface area contributed by atoms with Gasteiger partial charge in [0.25, 0.3) is 5.91 Å². The monoisotopic (exact) mass is 430 g/mol. The molecule has 2 N–H and O–H groups in total. The minimum Gasteiger partial charge on any atom is -0.386 e. The zero-order valence-electron chi connectivity index (χ0n) is 17.9. The first-order valence-electron chi connectivity index (χ1n) is 10.9. The molecular weight excluding hydrogens is 400 g/mol. The molecule has 1 aliphatic carbocycles. The Kier molecular flexibility index (Phi) is 5.83. The lowest BCUT2D eigenvalue weighted by Gasteiger charge is -2.29. The molecule has 0 aromatic carbocycles. The Bertz CT molecular complexity index is 844. The van der Waals surface area contributed by atoms with Gasteiger partial charge in [0.1, 0.15) is 11.1 Å². The predicted molar refractivity (Wildman–Crippen MR) is 112 cm³/mol. The highest BCUT2D eigenvalue weighted by Crippen LogP contribution is 2.35. The number of hydrogen-bond donors (Lipinski definition) is 2. The number of hydrogen-bond acceptors (Lipinski definition) is 7. The van der Waals surface area contributed by atoms with E-state index in [0.29, 0.717) is 44.7 Å². The van der Waals surface area contributed by atoms with E-state index in [9.17, 15) is 19.5 Å². The van der Waals surface area contributed by atoms with Crippen molar-refractivity contribution in [3.63, 3.8) is 0 Å². The van der Waals surface area contributed by atoms with Crippen molar-refractivity contribution in [2.75, 3.05) is 38.1 Å². The Labute approximate surface area is 181 Å². The Balaban J connectivity index is 1.24. The van der Waals surface area contributed by atoms with E-state index in [0.717, 1.165) is 12.8 Å². The summed E-state index contributed by atoms with van der Waals surface area (Å²) in [5.74, 6) is 0.297. The van der Waals surface area contributed by atoms with E-state index in [1.54, 1.807) is 25.5 Å². The number of nitrogens with zero attached hydrogens (tertiary/aromatic N) is 5. The molecule has 168 valence electrons. The van der Waals surface area contributed by atoms with Gasteiger partial charge in [0, 0.05) is 39.0 Å². The third-order valence-corrected chi connectivity index (χ3v) is 6.60. The summed E-state index contributed by atoms with van der Waals surface area (Å²) in [6, 6.07) is 1.39. The van der Waals surface area contributed by atoms with Crippen molar-refractivity contribution in [3.05, 3.63) is 18.5 Å². The first-order valence-corrected chi connectivity index (χ1v) is 10.9. The normalized spacial score (nSPS) is 24.8. The quantitative estimate of drug-likeness (QED) is 0.605. The number of likely N-dealkylation sites (N-methyl/N-ethyl adjacent to an activating group) is 1. The first kappa shape index (κ1) is 21.5. The lowest BCUT2D eigenvalue weighted by molar-refractivity contribution is -0.134. The van der Waals surface area contributed by atoms with Crippen molar-refractivity contribution in [3.8, 4) is 0 Å². The van der Waals surface area contributed by atoms with Crippen LogP contribution in [0.15, 0.2) is 18.5 Å². The number of urea groups is 1. The van der Waals surface area contributed by atoms with Crippen molar-refractivity contribution in [1.82, 2.24) is 25.1 Å². The van der Waals surface area contributed by atoms with Gasteiger partial charge in [0.05, 0.1) is 13.1 Å².